The number of rotatable bonds is 9. The second-order valence-corrected chi connectivity index (χ2v) is 21.5. The van der Waals surface area contributed by atoms with Gasteiger partial charge in [-0.1, -0.05) is 67.5 Å². The Morgan fingerprint density at radius 3 is 1.80 bits per heavy atom. The van der Waals surface area contributed by atoms with Gasteiger partial charge < -0.3 is 24.4 Å². The van der Waals surface area contributed by atoms with Crippen LogP contribution in [0.4, 0.5) is 0 Å². The average Bonchev–Trinajstić information content (AvgIpc) is 3.16. The molecule has 1 aromatic rings. The van der Waals surface area contributed by atoms with E-state index >= 15 is 0 Å². The largest absolute Gasteiger partial charge is 0.411 e. The zero-order valence-electron chi connectivity index (χ0n) is 29.6. The van der Waals surface area contributed by atoms with Gasteiger partial charge in [-0.15, -0.1) is 0 Å². The first-order valence-electron chi connectivity index (χ1n) is 16.5. The summed E-state index contributed by atoms with van der Waals surface area (Å²) >= 11 is 0. The Morgan fingerprint density at radius 2 is 1.41 bits per heavy atom. The minimum absolute atomic E-state index is 0.200. The Balaban J connectivity index is 1.92. The van der Waals surface area contributed by atoms with Gasteiger partial charge in [0.1, 0.15) is 0 Å². The Morgan fingerprint density at radius 1 is 0.909 bits per heavy atom. The van der Waals surface area contributed by atoms with Crippen molar-refractivity contribution in [1.82, 2.24) is 0 Å². The molecule has 0 saturated carbocycles. The summed E-state index contributed by atoms with van der Waals surface area (Å²) < 4.78 is 21.1. The van der Waals surface area contributed by atoms with E-state index in [1.165, 1.54) is 0 Å². The van der Waals surface area contributed by atoms with Crippen molar-refractivity contribution < 1.29 is 23.5 Å². The van der Waals surface area contributed by atoms with Gasteiger partial charge >= 0.3 is 0 Å². The van der Waals surface area contributed by atoms with Crippen molar-refractivity contribution in [3.63, 3.8) is 0 Å². The Kier molecular flexibility index (Phi) is 9.74. The molecule has 3 aliphatic rings. The SMILES string of the molecule is C[Si](C)OC(C(C)(C)C)C12CCC(C(O[Si](C)C)C(C)(C)C)(CC(O)(c3ccc(C(N)=O)c(C4=CCC(C)(C)CC4)c3)C1)O2. The molecule has 4 unspecified atom stereocenters. The fourth-order valence-electron chi connectivity index (χ4n) is 8.24. The van der Waals surface area contributed by atoms with Gasteiger partial charge in [0.15, 0.2) is 0 Å². The zero-order valence-corrected chi connectivity index (χ0v) is 31.6. The van der Waals surface area contributed by atoms with E-state index in [2.05, 4.69) is 93.7 Å². The van der Waals surface area contributed by atoms with Gasteiger partial charge in [0.2, 0.25) is 24.0 Å². The molecule has 0 aromatic heterocycles. The molecule has 2 heterocycles. The van der Waals surface area contributed by atoms with E-state index in [1.54, 1.807) is 0 Å². The van der Waals surface area contributed by atoms with E-state index in [4.69, 9.17) is 19.3 Å². The third kappa shape index (κ3) is 7.15. The van der Waals surface area contributed by atoms with Gasteiger partial charge in [-0.2, -0.15) is 0 Å². The Bertz CT molecular complexity index is 1220. The van der Waals surface area contributed by atoms with E-state index in [-0.39, 0.29) is 28.5 Å². The van der Waals surface area contributed by atoms with E-state index < -0.39 is 40.8 Å². The summed E-state index contributed by atoms with van der Waals surface area (Å²) in [4.78, 5) is 12.7. The maximum absolute atomic E-state index is 13.1. The highest BCUT2D eigenvalue weighted by Crippen LogP contribution is 2.62. The third-order valence-electron chi connectivity index (χ3n) is 9.94. The lowest BCUT2D eigenvalue weighted by Gasteiger charge is -2.57. The quantitative estimate of drug-likeness (QED) is 0.267. The predicted molar refractivity (Wildman–Crippen MR) is 183 cm³/mol. The molecule has 2 aliphatic heterocycles. The molecule has 0 spiro atoms. The van der Waals surface area contributed by atoms with E-state index in [9.17, 15) is 9.90 Å². The molecule has 4 rings (SSSR count). The minimum atomic E-state index is -1.21. The number of ether oxygens (including phenoxy) is 1. The lowest BCUT2D eigenvalue weighted by molar-refractivity contribution is -0.278. The fraction of sp³-hybridized carbons (Fsp3) is 0.750. The van der Waals surface area contributed by atoms with Crippen molar-refractivity contribution in [2.24, 2.45) is 22.0 Å². The lowest BCUT2D eigenvalue weighted by atomic mass is 9.66. The second kappa shape index (κ2) is 12.1. The maximum atomic E-state index is 13.1. The number of allylic oxidation sites excluding steroid dienone is 2. The highest BCUT2D eigenvalue weighted by atomic mass is 28.3. The van der Waals surface area contributed by atoms with Crippen LogP contribution in [0.5, 0.6) is 0 Å². The molecule has 2 bridgehead atoms. The van der Waals surface area contributed by atoms with Crippen LogP contribution < -0.4 is 5.73 Å². The van der Waals surface area contributed by atoms with Gasteiger partial charge in [0.05, 0.1) is 29.0 Å². The number of benzene rings is 1. The van der Waals surface area contributed by atoms with Crippen molar-refractivity contribution in [2.75, 3.05) is 0 Å². The third-order valence-corrected chi connectivity index (χ3v) is 11.4. The normalized spacial score (nSPS) is 30.4. The van der Waals surface area contributed by atoms with Gasteiger partial charge in [-0.05, 0) is 103 Å². The summed E-state index contributed by atoms with van der Waals surface area (Å²) in [6, 6.07) is 5.81. The van der Waals surface area contributed by atoms with Crippen molar-refractivity contribution in [1.29, 1.82) is 0 Å². The first kappa shape index (κ1) is 35.6. The summed E-state index contributed by atoms with van der Waals surface area (Å²) in [7, 11) is -2.14. The highest BCUT2D eigenvalue weighted by Gasteiger charge is 2.68. The van der Waals surface area contributed by atoms with E-state index in [0.29, 0.717) is 18.4 Å². The van der Waals surface area contributed by atoms with Crippen LogP contribution >= 0.6 is 0 Å². The molecule has 2 saturated heterocycles. The Labute approximate surface area is 271 Å². The number of aliphatic hydroxyl groups is 1. The topological polar surface area (TPSA) is 91.0 Å². The molecule has 1 aliphatic carbocycles. The van der Waals surface area contributed by atoms with Crippen LogP contribution in [0.1, 0.15) is 122 Å². The summed E-state index contributed by atoms with van der Waals surface area (Å²) in [6.45, 7) is 26.6. The lowest BCUT2D eigenvalue weighted by Crippen LogP contribution is -2.64. The number of carbonyl (C=O) groups is 1. The number of fused-ring (bicyclic) bond motifs is 2. The van der Waals surface area contributed by atoms with Crippen LogP contribution in [0.15, 0.2) is 24.3 Å². The summed E-state index contributed by atoms with van der Waals surface area (Å²) in [5.41, 5.74) is 6.48. The molecule has 1 aromatic carbocycles. The number of hydrogen-bond acceptors (Lipinski definition) is 5. The summed E-state index contributed by atoms with van der Waals surface area (Å²) in [5, 5.41) is 13.1. The van der Waals surface area contributed by atoms with Crippen LogP contribution in [0.2, 0.25) is 26.2 Å². The minimum Gasteiger partial charge on any atom is -0.411 e. The predicted octanol–water partition coefficient (Wildman–Crippen LogP) is 8.01. The van der Waals surface area contributed by atoms with Crippen molar-refractivity contribution in [3.8, 4) is 0 Å². The monoisotopic (exact) mass is 641 g/mol. The number of nitrogens with two attached hydrogens (primary N) is 1. The average molecular weight is 642 g/mol. The molecule has 246 valence electrons. The molecular formula is C36H59NO5Si2. The van der Waals surface area contributed by atoms with Crippen LogP contribution in [-0.2, 0) is 19.2 Å². The molecular weight excluding hydrogens is 583 g/mol. The van der Waals surface area contributed by atoms with Gasteiger partial charge in [0, 0.05) is 18.4 Å². The molecule has 6 nitrogen and oxygen atoms in total. The zero-order chi connectivity index (χ0) is 33.1. The molecule has 2 radical (unpaired) electrons. The first-order chi connectivity index (χ1) is 20.0. The first-order valence-corrected chi connectivity index (χ1v) is 21.3. The number of primary amides is 1. The molecule has 3 N–H and O–H groups in total. The molecule has 44 heavy (non-hydrogen) atoms. The fourth-order valence-corrected chi connectivity index (χ4v) is 10.3. The highest BCUT2D eigenvalue weighted by molar-refractivity contribution is 6.48. The van der Waals surface area contributed by atoms with Crippen molar-refractivity contribution in [3.05, 3.63) is 41.0 Å². The van der Waals surface area contributed by atoms with Crippen LogP contribution in [0.3, 0.4) is 0 Å². The molecule has 4 atom stereocenters. The second-order valence-electron chi connectivity index (χ2n) is 17.4. The molecule has 2 fully saturated rings. The van der Waals surface area contributed by atoms with Gasteiger partial charge in [-0.3, -0.25) is 4.79 Å². The number of carbonyl (C=O) groups excluding carboxylic acids is 1. The Hall–Kier alpha value is -1.30. The van der Waals surface area contributed by atoms with Gasteiger partial charge in [-0.25, -0.2) is 0 Å². The van der Waals surface area contributed by atoms with Crippen LogP contribution in [0, 0.1) is 16.2 Å². The van der Waals surface area contributed by atoms with Gasteiger partial charge in [0.25, 0.3) is 0 Å². The van der Waals surface area contributed by atoms with Crippen LogP contribution in [-0.4, -0.2) is 52.5 Å². The summed E-state index contributed by atoms with van der Waals surface area (Å²) in [6.07, 6.45) is 7.16. The standard InChI is InChI=1S/C36H59NO5Si2/c1-31(2,3)29(40-43(9)10)35-19-20-36(42-35,30(32(4,5)6)41-44(11)12)23-34(39,22-35)25-13-14-26(28(37)38)27(21-25)24-15-17-33(7,8)18-16-24/h13-15,21,29-30,39H,16-20,22-23H2,1-12H3,(H2,37,38). The molecule has 1 amide bonds. The smallest absolute Gasteiger partial charge is 0.249 e. The maximum Gasteiger partial charge on any atom is 0.249 e. The van der Waals surface area contributed by atoms with Crippen LogP contribution in [0.25, 0.3) is 5.57 Å². The van der Waals surface area contributed by atoms with Crippen molar-refractivity contribution in [2.45, 2.75) is 156 Å². The number of hydrogen-bond donors (Lipinski definition) is 2. The molecule has 8 heteroatoms. The van der Waals surface area contributed by atoms with E-state index in [0.717, 1.165) is 48.8 Å². The number of amides is 1. The summed E-state index contributed by atoms with van der Waals surface area (Å²) in [5.74, 6) is -0.437. The van der Waals surface area contributed by atoms with Crippen molar-refractivity contribution >= 4 is 29.6 Å². The van der Waals surface area contributed by atoms with E-state index in [1.807, 2.05) is 12.1 Å².